The van der Waals surface area contributed by atoms with Crippen LogP contribution in [0, 0.1) is 17.1 Å². The van der Waals surface area contributed by atoms with Crippen LogP contribution in [0.5, 0.6) is 0 Å². The standard InChI is InChI=1S/C19H20F2N4O3/c1-12(26)23-9-15-10-25(19(27)28-15)14-2-3-18(16(20)8-14)24-7-5-13(4-6-22)17(21)11-24/h2-4,8,15,17H,5,7,9-11H2,1H3,(H,23,26)/b13-4-/t15-,17?/m0/s1. The molecule has 0 spiro atoms. The number of allylic oxidation sites excluding steroid dienone is 1. The predicted molar refractivity (Wildman–Crippen MR) is 98.1 cm³/mol. The van der Waals surface area contributed by atoms with Crippen molar-refractivity contribution in [3.63, 3.8) is 0 Å². The van der Waals surface area contributed by atoms with Crippen molar-refractivity contribution in [1.29, 1.82) is 5.26 Å². The fraction of sp³-hybridized carbons (Fsp3) is 0.421. The maximum atomic E-state index is 14.7. The van der Waals surface area contributed by atoms with Gasteiger partial charge in [-0.3, -0.25) is 9.69 Å². The number of hydrogen-bond donors (Lipinski definition) is 1. The molecule has 2 aliphatic rings. The lowest BCUT2D eigenvalue weighted by atomic mass is 10.0. The lowest BCUT2D eigenvalue weighted by Gasteiger charge is -2.32. The highest BCUT2D eigenvalue weighted by Crippen LogP contribution is 2.31. The van der Waals surface area contributed by atoms with Crippen LogP contribution in [0.3, 0.4) is 0 Å². The van der Waals surface area contributed by atoms with Gasteiger partial charge in [0, 0.05) is 19.5 Å². The third-order valence-corrected chi connectivity index (χ3v) is 4.74. The summed E-state index contributed by atoms with van der Waals surface area (Å²) in [6.07, 6.45) is -0.901. The zero-order valence-electron chi connectivity index (χ0n) is 15.3. The van der Waals surface area contributed by atoms with Crippen molar-refractivity contribution in [2.45, 2.75) is 25.6 Å². The number of hydrogen-bond acceptors (Lipinski definition) is 5. The first-order valence-electron chi connectivity index (χ1n) is 8.88. The topological polar surface area (TPSA) is 85.7 Å². The highest BCUT2D eigenvalue weighted by Gasteiger charge is 2.33. The number of halogens is 2. The summed E-state index contributed by atoms with van der Waals surface area (Å²) in [6.45, 7) is 2.10. The Hall–Kier alpha value is -3.15. The molecule has 1 unspecified atom stereocenters. The SMILES string of the molecule is CC(=O)NC[C@H]1CN(c2ccc(N3CC/C(=C/C#N)C(F)C3)c(F)c2)C(=O)O1. The summed E-state index contributed by atoms with van der Waals surface area (Å²) in [7, 11) is 0. The van der Waals surface area contributed by atoms with E-state index in [2.05, 4.69) is 5.32 Å². The van der Waals surface area contributed by atoms with Gasteiger partial charge >= 0.3 is 6.09 Å². The van der Waals surface area contributed by atoms with Crippen molar-refractivity contribution in [2.24, 2.45) is 0 Å². The van der Waals surface area contributed by atoms with E-state index in [4.69, 9.17) is 10.00 Å². The number of nitrogens with zero attached hydrogens (tertiary/aromatic N) is 3. The van der Waals surface area contributed by atoms with E-state index in [9.17, 15) is 18.4 Å². The Morgan fingerprint density at radius 1 is 1.46 bits per heavy atom. The van der Waals surface area contributed by atoms with Crippen LogP contribution in [0.4, 0.5) is 25.0 Å². The molecule has 148 valence electrons. The van der Waals surface area contributed by atoms with E-state index in [1.165, 1.54) is 30.0 Å². The highest BCUT2D eigenvalue weighted by molar-refractivity contribution is 5.90. The number of cyclic esters (lactones) is 1. The molecule has 0 aromatic heterocycles. The molecule has 9 heteroatoms. The number of piperidine rings is 1. The first-order chi connectivity index (χ1) is 13.4. The molecule has 2 aliphatic heterocycles. The molecular formula is C19H20F2N4O3. The van der Waals surface area contributed by atoms with Crippen LogP contribution in [-0.2, 0) is 9.53 Å². The van der Waals surface area contributed by atoms with Crippen LogP contribution in [0.1, 0.15) is 13.3 Å². The van der Waals surface area contributed by atoms with E-state index in [0.29, 0.717) is 24.2 Å². The average Bonchev–Trinajstić information content (AvgIpc) is 3.02. The van der Waals surface area contributed by atoms with Gasteiger partial charge in [-0.15, -0.1) is 0 Å². The summed E-state index contributed by atoms with van der Waals surface area (Å²) in [5.74, 6) is -0.805. The minimum atomic E-state index is -1.32. The minimum absolute atomic E-state index is 0.0334. The average molecular weight is 390 g/mol. The maximum absolute atomic E-state index is 14.7. The fourth-order valence-electron chi connectivity index (χ4n) is 3.30. The van der Waals surface area contributed by atoms with E-state index < -0.39 is 24.2 Å². The Labute approximate surface area is 161 Å². The molecule has 0 bridgehead atoms. The summed E-state index contributed by atoms with van der Waals surface area (Å²) < 4.78 is 34.0. The summed E-state index contributed by atoms with van der Waals surface area (Å²) in [5.41, 5.74) is 0.987. The van der Waals surface area contributed by atoms with E-state index in [1.54, 1.807) is 11.0 Å². The van der Waals surface area contributed by atoms with Crippen LogP contribution in [-0.4, -0.2) is 50.5 Å². The predicted octanol–water partition coefficient (Wildman–Crippen LogP) is 2.29. The Balaban J connectivity index is 1.69. The van der Waals surface area contributed by atoms with Crippen LogP contribution in [0.2, 0.25) is 0 Å². The van der Waals surface area contributed by atoms with Crippen LogP contribution in [0.25, 0.3) is 0 Å². The third-order valence-electron chi connectivity index (χ3n) is 4.74. The molecule has 1 aromatic carbocycles. The second-order valence-corrected chi connectivity index (χ2v) is 6.70. The summed E-state index contributed by atoms with van der Waals surface area (Å²) in [6, 6.07) is 6.12. The number of nitriles is 1. The monoisotopic (exact) mass is 390 g/mol. The van der Waals surface area contributed by atoms with Crippen LogP contribution in [0.15, 0.2) is 29.8 Å². The fourth-order valence-corrected chi connectivity index (χ4v) is 3.30. The van der Waals surface area contributed by atoms with Crippen molar-refractivity contribution >= 4 is 23.4 Å². The molecule has 2 saturated heterocycles. The van der Waals surface area contributed by atoms with E-state index >= 15 is 0 Å². The van der Waals surface area contributed by atoms with Gasteiger partial charge < -0.3 is 15.0 Å². The number of benzene rings is 1. The lowest BCUT2D eigenvalue weighted by Crippen LogP contribution is -2.38. The number of ether oxygens (including phenoxy) is 1. The second kappa shape index (κ2) is 8.25. The normalized spacial score (nSPS) is 23.5. The summed E-state index contributed by atoms with van der Waals surface area (Å²) in [5, 5.41) is 11.2. The molecule has 2 amide bonds. The first-order valence-corrected chi connectivity index (χ1v) is 8.88. The minimum Gasteiger partial charge on any atom is -0.442 e. The van der Waals surface area contributed by atoms with Crippen molar-refractivity contribution in [3.05, 3.63) is 35.7 Å². The third kappa shape index (κ3) is 4.22. The Kier molecular flexibility index (Phi) is 5.78. The molecule has 28 heavy (non-hydrogen) atoms. The van der Waals surface area contributed by atoms with Gasteiger partial charge in [0.15, 0.2) is 0 Å². The first kappa shape index (κ1) is 19.6. The molecule has 3 rings (SSSR count). The second-order valence-electron chi connectivity index (χ2n) is 6.70. The van der Waals surface area contributed by atoms with Crippen molar-refractivity contribution in [1.82, 2.24) is 5.32 Å². The molecule has 1 aromatic rings. The van der Waals surface area contributed by atoms with Crippen LogP contribution >= 0.6 is 0 Å². The summed E-state index contributed by atoms with van der Waals surface area (Å²) >= 11 is 0. The zero-order valence-corrected chi connectivity index (χ0v) is 15.3. The van der Waals surface area contributed by atoms with Gasteiger partial charge in [0.25, 0.3) is 0 Å². The number of carbonyl (C=O) groups excluding carboxylic acids is 2. The van der Waals surface area contributed by atoms with E-state index in [1.807, 2.05) is 6.07 Å². The van der Waals surface area contributed by atoms with Gasteiger partial charge in [-0.1, -0.05) is 0 Å². The van der Waals surface area contributed by atoms with E-state index in [-0.39, 0.29) is 31.2 Å². The molecular weight excluding hydrogens is 370 g/mol. The van der Waals surface area contributed by atoms with Crippen molar-refractivity contribution in [3.8, 4) is 6.07 Å². The number of rotatable bonds is 4. The zero-order chi connectivity index (χ0) is 20.3. The molecule has 1 N–H and O–H groups in total. The maximum Gasteiger partial charge on any atom is 0.414 e. The summed E-state index contributed by atoms with van der Waals surface area (Å²) in [4.78, 5) is 25.9. The van der Waals surface area contributed by atoms with Crippen molar-refractivity contribution < 1.29 is 23.1 Å². The molecule has 0 saturated carbocycles. The van der Waals surface area contributed by atoms with Gasteiger partial charge in [0.05, 0.1) is 37.1 Å². The van der Waals surface area contributed by atoms with Gasteiger partial charge in [0.2, 0.25) is 5.91 Å². The Bertz CT molecular complexity index is 852. The Morgan fingerprint density at radius 2 is 2.25 bits per heavy atom. The molecule has 7 nitrogen and oxygen atoms in total. The quantitative estimate of drug-likeness (QED) is 0.798. The Morgan fingerprint density at radius 3 is 2.89 bits per heavy atom. The van der Waals surface area contributed by atoms with E-state index in [0.717, 1.165) is 0 Å². The number of alkyl halides is 1. The lowest BCUT2D eigenvalue weighted by molar-refractivity contribution is -0.119. The highest BCUT2D eigenvalue weighted by atomic mass is 19.1. The molecule has 2 fully saturated rings. The number of nitrogens with one attached hydrogen (secondary N) is 1. The number of carbonyl (C=O) groups is 2. The van der Waals surface area contributed by atoms with Crippen molar-refractivity contribution in [2.75, 3.05) is 36.0 Å². The molecule has 0 aliphatic carbocycles. The van der Waals surface area contributed by atoms with Gasteiger partial charge in [-0.2, -0.15) is 5.26 Å². The van der Waals surface area contributed by atoms with Gasteiger partial charge in [0.1, 0.15) is 18.1 Å². The molecule has 2 heterocycles. The molecule has 0 radical (unpaired) electrons. The molecule has 2 atom stereocenters. The van der Waals surface area contributed by atoms with Crippen LogP contribution < -0.4 is 15.1 Å². The largest absolute Gasteiger partial charge is 0.442 e. The number of amides is 2. The number of anilines is 2. The van der Waals surface area contributed by atoms with Gasteiger partial charge in [-0.25, -0.2) is 13.6 Å². The smallest absolute Gasteiger partial charge is 0.414 e. The van der Waals surface area contributed by atoms with Gasteiger partial charge in [-0.05, 0) is 30.2 Å².